The van der Waals surface area contributed by atoms with Gasteiger partial charge in [0.15, 0.2) is 0 Å². The van der Waals surface area contributed by atoms with Crippen LogP contribution in [0.15, 0.2) is 49.2 Å². The zero-order valence-corrected chi connectivity index (χ0v) is 12.8. The maximum atomic E-state index is 11.5. The Morgan fingerprint density at radius 3 is 2.32 bits per heavy atom. The first-order valence-electron chi connectivity index (χ1n) is 7.85. The molecule has 0 N–H and O–H groups in total. The van der Waals surface area contributed by atoms with Crippen LogP contribution >= 0.6 is 0 Å². The van der Waals surface area contributed by atoms with E-state index in [1.165, 1.54) is 31.9 Å². The number of allylic oxidation sites excluding steroid dienone is 1. The van der Waals surface area contributed by atoms with Crippen molar-refractivity contribution in [2.24, 2.45) is 0 Å². The minimum absolute atomic E-state index is 0. The van der Waals surface area contributed by atoms with E-state index in [2.05, 4.69) is 6.58 Å². The van der Waals surface area contributed by atoms with Crippen molar-refractivity contribution in [3.05, 3.63) is 54.8 Å². The molecular formula is C19H27KO2. The van der Waals surface area contributed by atoms with Gasteiger partial charge in [-0.1, -0.05) is 62.1 Å². The van der Waals surface area contributed by atoms with Crippen LogP contribution in [0.3, 0.4) is 0 Å². The van der Waals surface area contributed by atoms with Gasteiger partial charge in [-0.15, -0.1) is 6.58 Å². The summed E-state index contributed by atoms with van der Waals surface area (Å²) in [4.78, 5) is 11.5. The number of esters is 1. The Balaban J connectivity index is 0.00000441. The van der Waals surface area contributed by atoms with Crippen molar-refractivity contribution in [3.8, 4) is 0 Å². The van der Waals surface area contributed by atoms with Crippen LogP contribution < -0.4 is 0 Å². The van der Waals surface area contributed by atoms with Crippen molar-refractivity contribution in [1.29, 1.82) is 0 Å². The van der Waals surface area contributed by atoms with Crippen molar-refractivity contribution < 1.29 is 9.53 Å². The fourth-order valence-corrected chi connectivity index (χ4v) is 2.08. The SMILES string of the molecule is C=CCCCCCCCCC(=O)OC=Cc1ccccc1.[KH]. The summed E-state index contributed by atoms with van der Waals surface area (Å²) in [6, 6.07) is 9.81. The van der Waals surface area contributed by atoms with Gasteiger partial charge in [0.2, 0.25) is 0 Å². The van der Waals surface area contributed by atoms with Gasteiger partial charge in [-0.2, -0.15) is 0 Å². The molecule has 1 aromatic carbocycles. The van der Waals surface area contributed by atoms with Gasteiger partial charge in [-0.25, -0.2) is 0 Å². The molecule has 0 saturated heterocycles. The fraction of sp³-hybridized carbons (Fsp3) is 0.421. The molecule has 116 valence electrons. The van der Waals surface area contributed by atoms with Crippen molar-refractivity contribution >= 4 is 63.4 Å². The molecule has 1 rings (SSSR count). The first-order valence-corrected chi connectivity index (χ1v) is 7.85. The second kappa shape index (κ2) is 15.7. The first kappa shape index (κ1) is 21.8. The van der Waals surface area contributed by atoms with E-state index in [9.17, 15) is 4.79 Å². The van der Waals surface area contributed by atoms with E-state index in [1.54, 1.807) is 6.08 Å². The zero-order valence-electron chi connectivity index (χ0n) is 12.8. The monoisotopic (exact) mass is 326 g/mol. The maximum absolute atomic E-state index is 11.5. The summed E-state index contributed by atoms with van der Waals surface area (Å²) < 4.78 is 5.08. The molecule has 3 heteroatoms. The van der Waals surface area contributed by atoms with E-state index in [0.29, 0.717) is 6.42 Å². The van der Waals surface area contributed by atoms with Crippen molar-refractivity contribution in [2.75, 3.05) is 0 Å². The van der Waals surface area contributed by atoms with Crippen LogP contribution in [0.5, 0.6) is 0 Å². The predicted molar refractivity (Wildman–Crippen MR) is 95.9 cm³/mol. The number of unbranched alkanes of at least 4 members (excludes halogenated alkanes) is 6. The molecule has 0 heterocycles. The van der Waals surface area contributed by atoms with Crippen LogP contribution in [0.4, 0.5) is 0 Å². The molecule has 0 radical (unpaired) electrons. The standard InChI is InChI=1S/C19H26O2.K.H/c1-2-3-4-5-6-7-8-12-15-19(20)21-17-16-18-13-10-9-11-14-18;;/h2,9-11,13-14,16-17H,1,3-8,12,15H2;;. The summed E-state index contributed by atoms with van der Waals surface area (Å²) in [5.74, 6) is -0.145. The number of hydrogen-bond donors (Lipinski definition) is 0. The topological polar surface area (TPSA) is 26.3 Å². The molecule has 0 aromatic heterocycles. The van der Waals surface area contributed by atoms with Gasteiger partial charge >= 0.3 is 57.4 Å². The van der Waals surface area contributed by atoms with Crippen LogP contribution in [0.1, 0.15) is 56.9 Å². The van der Waals surface area contributed by atoms with Gasteiger partial charge in [-0.3, -0.25) is 4.79 Å². The number of hydrogen-bond acceptors (Lipinski definition) is 2. The average molecular weight is 327 g/mol. The molecule has 0 amide bonds. The fourth-order valence-electron chi connectivity index (χ4n) is 2.08. The Hall–Kier alpha value is -0.194. The Bertz CT molecular complexity index is 426. The van der Waals surface area contributed by atoms with E-state index in [1.807, 2.05) is 36.4 Å². The predicted octanol–water partition coefficient (Wildman–Crippen LogP) is 4.86. The molecule has 0 spiro atoms. The summed E-state index contributed by atoms with van der Waals surface area (Å²) in [7, 11) is 0. The molecule has 0 unspecified atom stereocenters. The molecule has 1 aromatic rings. The molecule has 0 saturated carbocycles. The van der Waals surface area contributed by atoms with E-state index in [4.69, 9.17) is 4.74 Å². The quantitative estimate of drug-likeness (QED) is 0.191. The Morgan fingerprint density at radius 2 is 1.64 bits per heavy atom. The summed E-state index contributed by atoms with van der Waals surface area (Å²) in [5, 5.41) is 0. The number of carbonyl (C=O) groups excluding carboxylic acids is 1. The van der Waals surface area contributed by atoms with Gasteiger partial charge < -0.3 is 4.74 Å². The van der Waals surface area contributed by atoms with Crippen LogP contribution in [0, 0.1) is 0 Å². The Morgan fingerprint density at radius 1 is 1.00 bits per heavy atom. The number of benzene rings is 1. The van der Waals surface area contributed by atoms with E-state index in [0.717, 1.165) is 24.8 Å². The second-order valence-corrected chi connectivity index (χ2v) is 5.15. The average Bonchev–Trinajstić information content (AvgIpc) is 2.51. The normalized spacial score (nSPS) is 10.2. The number of ether oxygens (including phenoxy) is 1. The molecular weight excluding hydrogens is 299 g/mol. The van der Waals surface area contributed by atoms with E-state index in [-0.39, 0.29) is 57.4 Å². The van der Waals surface area contributed by atoms with E-state index >= 15 is 0 Å². The van der Waals surface area contributed by atoms with Gasteiger partial charge in [0.25, 0.3) is 0 Å². The molecule has 2 nitrogen and oxygen atoms in total. The molecule has 0 aliphatic carbocycles. The molecule has 0 fully saturated rings. The van der Waals surface area contributed by atoms with Crippen LogP contribution in [0.2, 0.25) is 0 Å². The van der Waals surface area contributed by atoms with Crippen molar-refractivity contribution in [2.45, 2.75) is 51.4 Å². The molecule has 0 atom stereocenters. The molecule has 0 aliphatic rings. The van der Waals surface area contributed by atoms with E-state index < -0.39 is 0 Å². The van der Waals surface area contributed by atoms with Gasteiger partial charge in [0.1, 0.15) is 0 Å². The minimum atomic E-state index is -0.145. The summed E-state index contributed by atoms with van der Waals surface area (Å²) in [5.41, 5.74) is 1.03. The third kappa shape index (κ3) is 12.4. The van der Waals surface area contributed by atoms with Crippen LogP contribution in [0.25, 0.3) is 6.08 Å². The molecule has 0 aliphatic heterocycles. The van der Waals surface area contributed by atoms with Crippen molar-refractivity contribution in [1.82, 2.24) is 0 Å². The third-order valence-electron chi connectivity index (χ3n) is 3.30. The Labute approximate surface area is 177 Å². The number of rotatable bonds is 11. The number of carbonyl (C=O) groups is 1. The van der Waals surface area contributed by atoms with Gasteiger partial charge in [0.05, 0.1) is 6.26 Å². The summed E-state index contributed by atoms with van der Waals surface area (Å²) in [6.45, 7) is 3.71. The van der Waals surface area contributed by atoms with Crippen LogP contribution in [-0.4, -0.2) is 57.4 Å². The molecule has 22 heavy (non-hydrogen) atoms. The molecule has 0 bridgehead atoms. The summed E-state index contributed by atoms with van der Waals surface area (Å²) >= 11 is 0. The van der Waals surface area contributed by atoms with Gasteiger partial charge in [0, 0.05) is 6.42 Å². The first-order chi connectivity index (χ1) is 10.3. The Kier molecular flexibility index (Phi) is 15.6. The van der Waals surface area contributed by atoms with Crippen LogP contribution in [-0.2, 0) is 9.53 Å². The second-order valence-electron chi connectivity index (χ2n) is 5.15. The van der Waals surface area contributed by atoms with Crippen molar-refractivity contribution in [3.63, 3.8) is 0 Å². The summed E-state index contributed by atoms with van der Waals surface area (Å²) in [6.07, 6.45) is 13.8. The zero-order chi connectivity index (χ0) is 15.2. The third-order valence-corrected chi connectivity index (χ3v) is 3.30. The van der Waals surface area contributed by atoms with Gasteiger partial charge in [-0.05, 0) is 30.9 Å².